The van der Waals surface area contributed by atoms with Crippen molar-refractivity contribution < 1.29 is 13.2 Å². The Morgan fingerprint density at radius 2 is 1.82 bits per heavy atom. The Bertz CT molecular complexity index is 123. The van der Waals surface area contributed by atoms with Crippen LogP contribution < -0.4 is 5.73 Å². The molecule has 0 unspecified atom stereocenters. The van der Waals surface area contributed by atoms with Crippen LogP contribution in [0.4, 0.5) is 13.2 Å². The molecule has 0 aliphatic heterocycles. The summed E-state index contributed by atoms with van der Waals surface area (Å²) < 4.78 is 35.6. The van der Waals surface area contributed by atoms with Gasteiger partial charge in [-0.3, -0.25) is 0 Å². The fourth-order valence-corrected chi connectivity index (χ4v) is 1.28. The molecular formula is C6H11ClF3N. The highest BCUT2D eigenvalue weighted by Crippen LogP contribution is 2.44. The molecule has 1 aliphatic carbocycles. The number of rotatable bonds is 1. The Balaban J connectivity index is 0.000001000. The molecule has 0 aromatic rings. The van der Waals surface area contributed by atoms with E-state index in [4.69, 9.17) is 5.73 Å². The lowest BCUT2D eigenvalue weighted by molar-refractivity contribution is -0.211. The molecule has 0 spiro atoms. The highest BCUT2D eigenvalue weighted by molar-refractivity contribution is 5.85. The molecule has 0 aromatic carbocycles. The van der Waals surface area contributed by atoms with Gasteiger partial charge in [0.2, 0.25) is 0 Å². The maximum atomic E-state index is 11.9. The normalized spacial score (nSPS) is 30.5. The van der Waals surface area contributed by atoms with E-state index in [-0.39, 0.29) is 31.3 Å². The van der Waals surface area contributed by atoms with Crippen LogP contribution in [-0.4, -0.2) is 12.7 Å². The number of nitrogens with two attached hydrogens (primary N) is 1. The van der Waals surface area contributed by atoms with Crippen molar-refractivity contribution in [3.63, 3.8) is 0 Å². The van der Waals surface area contributed by atoms with Crippen molar-refractivity contribution in [2.24, 2.45) is 17.6 Å². The van der Waals surface area contributed by atoms with E-state index >= 15 is 0 Å². The van der Waals surface area contributed by atoms with E-state index in [0.29, 0.717) is 6.42 Å². The molecule has 0 heterocycles. The maximum absolute atomic E-state index is 11.9. The van der Waals surface area contributed by atoms with E-state index in [1.165, 1.54) is 0 Å². The van der Waals surface area contributed by atoms with Gasteiger partial charge in [-0.1, -0.05) is 0 Å². The SMILES string of the molecule is Cl.NC[C@H]1CC[C@@H]1C(F)(F)F. The summed E-state index contributed by atoms with van der Waals surface area (Å²) in [6.07, 6.45) is -3.10. The van der Waals surface area contributed by atoms with Crippen molar-refractivity contribution in [1.82, 2.24) is 0 Å². The van der Waals surface area contributed by atoms with Gasteiger partial charge in [0, 0.05) is 0 Å². The first-order valence-electron chi connectivity index (χ1n) is 3.32. The molecule has 2 atom stereocenters. The van der Waals surface area contributed by atoms with Crippen molar-refractivity contribution in [3.05, 3.63) is 0 Å². The summed E-state index contributed by atoms with van der Waals surface area (Å²) in [6.45, 7) is 0.171. The average molecular weight is 190 g/mol. The molecule has 11 heavy (non-hydrogen) atoms. The summed E-state index contributed by atoms with van der Waals surface area (Å²) in [5, 5.41) is 0. The fraction of sp³-hybridized carbons (Fsp3) is 1.00. The van der Waals surface area contributed by atoms with E-state index in [1.54, 1.807) is 0 Å². The van der Waals surface area contributed by atoms with Crippen LogP contribution in [0.15, 0.2) is 0 Å². The molecule has 2 N–H and O–H groups in total. The van der Waals surface area contributed by atoms with Crippen molar-refractivity contribution >= 4 is 12.4 Å². The molecule has 1 rings (SSSR count). The van der Waals surface area contributed by atoms with E-state index in [1.807, 2.05) is 0 Å². The van der Waals surface area contributed by atoms with Gasteiger partial charge in [0.05, 0.1) is 5.92 Å². The molecule has 0 saturated heterocycles. The second-order valence-electron chi connectivity index (χ2n) is 2.72. The van der Waals surface area contributed by atoms with Crippen molar-refractivity contribution in [2.75, 3.05) is 6.54 Å². The van der Waals surface area contributed by atoms with E-state index in [9.17, 15) is 13.2 Å². The van der Waals surface area contributed by atoms with Gasteiger partial charge in [-0.25, -0.2) is 0 Å². The predicted octanol–water partition coefficient (Wildman–Crippen LogP) is 1.96. The highest BCUT2D eigenvalue weighted by atomic mass is 35.5. The van der Waals surface area contributed by atoms with Crippen molar-refractivity contribution in [3.8, 4) is 0 Å². The third-order valence-electron chi connectivity index (χ3n) is 2.14. The first-order chi connectivity index (χ1) is 4.55. The minimum atomic E-state index is -4.01. The van der Waals surface area contributed by atoms with Crippen LogP contribution in [0.3, 0.4) is 0 Å². The third-order valence-corrected chi connectivity index (χ3v) is 2.14. The Kier molecular flexibility index (Phi) is 3.64. The quantitative estimate of drug-likeness (QED) is 0.671. The molecule has 1 saturated carbocycles. The van der Waals surface area contributed by atoms with Gasteiger partial charge in [0.1, 0.15) is 0 Å². The first-order valence-corrected chi connectivity index (χ1v) is 3.32. The molecule has 5 heteroatoms. The zero-order valence-corrected chi connectivity index (χ0v) is 6.71. The molecule has 0 bridgehead atoms. The van der Waals surface area contributed by atoms with Crippen LogP contribution in [0.5, 0.6) is 0 Å². The summed E-state index contributed by atoms with van der Waals surface area (Å²) >= 11 is 0. The molecule has 68 valence electrons. The van der Waals surface area contributed by atoms with Crippen LogP contribution >= 0.6 is 12.4 Å². The Hall–Kier alpha value is 0.0400. The molecule has 0 amide bonds. The Morgan fingerprint density at radius 1 is 1.27 bits per heavy atom. The Morgan fingerprint density at radius 3 is 1.91 bits per heavy atom. The summed E-state index contributed by atoms with van der Waals surface area (Å²) in [4.78, 5) is 0. The van der Waals surface area contributed by atoms with Crippen LogP contribution in [0.2, 0.25) is 0 Å². The topological polar surface area (TPSA) is 26.0 Å². The minimum Gasteiger partial charge on any atom is -0.330 e. The smallest absolute Gasteiger partial charge is 0.330 e. The van der Waals surface area contributed by atoms with Gasteiger partial charge in [0.15, 0.2) is 0 Å². The number of halogens is 4. The second kappa shape index (κ2) is 3.63. The van der Waals surface area contributed by atoms with Crippen LogP contribution in [-0.2, 0) is 0 Å². The zero-order valence-electron chi connectivity index (χ0n) is 5.90. The predicted molar refractivity (Wildman–Crippen MR) is 38.6 cm³/mol. The van der Waals surface area contributed by atoms with Crippen LogP contribution in [0, 0.1) is 11.8 Å². The van der Waals surface area contributed by atoms with Crippen molar-refractivity contribution in [2.45, 2.75) is 19.0 Å². The van der Waals surface area contributed by atoms with Gasteiger partial charge in [-0.05, 0) is 25.3 Å². The third kappa shape index (κ3) is 2.24. The molecule has 1 fully saturated rings. The number of alkyl halides is 3. The molecule has 1 nitrogen and oxygen atoms in total. The fourth-order valence-electron chi connectivity index (χ4n) is 1.28. The molecule has 0 aromatic heterocycles. The molecule has 1 aliphatic rings. The molecule has 0 radical (unpaired) electrons. The minimum absolute atomic E-state index is 0. The summed E-state index contributed by atoms with van der Waals surface area (Å²) in [5.74, 6) is -1.42. The number of hydrogen-bond acceptors (Lipinski definition) is 1. The highest BCUT2D eigenvalue weighted by Gasteiger charge is 2.48. The second-order valence-corrected chi connectivity index (χ2v) is 2.72. The van der Waals surface area contributed by atoms with E-state index in [0.717, 1.165) is 0 Å². The van der Waals surface area contributed by atoms with Crippen LogP contribution in [0.1, 0.15) is 12.8 Å². The summed E-state index contributed by atoms with van der Waals surface area (Å²) in [5.41, 5.74) is 5.12. The lowest BCUT2D eigenvalue weighted by atomic mass is 9.73. The van der Waals surface area contributed by atoms with Gasteiger partial charge in [-0.2, -0.15) is 13.2 Å². The summed E-state index contributed by atoms with van der Waals surface area (Å²) in [6, 6.07) is 0. The lowest BCUT2D eigenvalue weighted by Gasteiger charge is -2.36. The van der Waals surface area contributed by atoms with Gasteiger partial charge >= 0.3 is 6.18 Å². The largest absolute Gasteiger partial charge is 0.392 e. The van der Waals surface area contributed by atoms with Gasteiger partial charge < -0.3 is 5.73 Å². The van der Waals surface area contributed by atoms with Gasteiger partial charge in [-0.15, -0.1) is 12.4 Å². The van der Waals surface area contributed by atoms with Gasteiger partial charge in [0.25, 0.3) is 0 Å². The van der Waals surface area contributed by atoms with E-state index < -0.39 is 12.1 Å². The number of hydrogen-bond donors (Lipinski definition) is 1. The zero-order chi connectivity index (χ0) is 7.78. The van der Waals surface area contributed by atoms with Crippen LogP contribution in [0.25, 0.3) is 0 Å². The summed E-state index contributed by atoms with van der Waals surface area (Å²) in [7, 11) is 0. The Labute approximate surface area is 69.5 Å². The van der Waals surface area contributed by atoms with E-state index in [2.05, 4.69) is 0 Å². The monoisotopic (exact) mass is 189 g/mol. The maximum Gasteiger partial charge on any atom is 0.392 e. The molecular weight excluding hydrogens is 179 g/mol. The van der Waals surface area contributed by atoms with Crippen molar-refractivity contribution in [1.29, 1.82) is 0 Å². The standard InChI is InChI=1S/C6H10F3N.ClH/c7-6(8,9)5-2-1-4(5)3-10;/h4-5H,1-3,10H2;1H/t4-,5+;/m1./s1. The lowest BCUT2D eigenvalue weighted by Crippen LogP contribution is -2.41. The average Bonchev–Trinajstić information content (AvgIpc) is 1.57. The first kappa shape index (κ1) is 11.0.